The van der Waals surface area contributed by atoms with Gasteiger partial charge < -0.3 is 10.6 Å². The van der Waals surface area contributed by atoms with E-state index >= 15 is 0 Å². The van der Waals surface area contributed by atoms with Gasteiger partial charge in [0.2, 0.25) is 5.91 Å². The van der Waals surface area contributed by atoms with Gasteiger partial charge in [0.1, 0.15) is 28.0 Å². The third-order valence-electron chi connectivity index (χ3n) is 7.08. The van der Waals surface area contributed by atoms with Gasteiger partial charge in [0, 0.05) is 47.1 Å². The topological polar surface area (TPSA) is 119 Å². The first-order chi connectivity index (χ1) is 17.8. The number of aryl methyl sites for hydroxylation is 1. The fraction of sp³-hybridized carbons (Fsp3) is 0.320. The highest BCUT2D eigenvalue weighted by atomic mass is 35.5. The van der Waals surface area contributed by atoms with Crippen LogP contribution in [0.5, 0.6) is 0 Å². The standard InChI is InChI=1S/C25H23Cl2N7O2S/c1-12-9-30-25(37-12)32-24(36)13-3-6-16(17(26)8-13)20-21-22(28)29-10-18(27)34(21)23(31-20)14-2-4-15-5-7-19(35)33(15)11-14/h3,6,8-10,14-15H,2,4-5,7,11H2,1H3,(H2,28,29)(H,30,32,36)/t14-,15+/m1/s1. The maximum Gasteiger partial charge on any atom is 0.257 e. The SMILES string of the molecule is Cc1cnc(NC(=O)c2ccc(-c3nc([C@@H]4CC[C@H]5CCC(=O)N5C4)n4c(Cl)cnc(N)c34)c(Cl)c2)s1. The Labute approximate surface area is 226 Å². The molecule has 2 amide bonds. The molecule has 0 spiro atoms. The molecule has 190 valence electrons. The van der Waals surface area contributed by atoms with E-state index in [1.165, 1.54) is 17.5 Å². The van der Waals surface area contributed by atoms with E-state index in [0.717, 1.165) is 30.0 Å². The molecular weight excluding hydrogens is 533 g/mol. The van der Waals surface area contributed by atoms with Crippen molar-refractivity contribution in [1.29, 1.82) is 0 Å². The number of hydrogen-bond acceptors (Lipinski definition) is 7. The number of carbonyl (C=O) groups excluding carboxylic acids is 2. The maximum absolute atomic E-state index is 12.8. The average Bonchev–Trinajstić information content (AvgIpc) is 3.58. The number of thiazole rings is 1. The average molecular weight is 556 g/mol. The molecule has 2 saturated heterocycles. The lowest BCUT2D eigenvalue weighted by Crippen LogP contribution is -2.41. The second-order valence-corrected chi connectivity index (χ2v) is 11.4. The summed E-state index contributed by atoms with van der Waals surface area (Å²) in [6, 6.07) is 5.33. The highest BCUT2D eigenvalue weighted by Gasteiger charge is 2.38. The number of carbonyl (C=O) groups is 2. The van der Waals surface area contributed by atoms with E-state index in [9.17, 15) is 9.59 Å². The number of amides is 2. The zero-order valence-electron chi connectivity index (χ0n) is 19.9. The predicted octanol–water partition coefficient (Wildman–Crippen LogP) is 5.17. The van der Waals surface area contributed by atoms with Crippen LogP contribution in [0.2, 0.25) is 10.2 Å². The second-order valence-electron chi connectivity index (χ2n) is 9.41. The molecule has 12 heteroatoms. The van der Waals surface area contributed by atoms with Gasteiger partial charge in [0.05, 0.1) is 11.2 Å². The molecule has 5 heterocycles. The molecule has 0 unspecified atom stereocenters. The Kier molecular flexibility index (Phi) is 6.05. The van der Waals surface area contributed by atoms with Crippen molar-refractivity contribution < 1.29 is 9.59 Å². The van der Waals surface area contributed by atoms with E-state index in [1.807, 2.05) is 16.2 Å². The van der Waals surface area contributed by atoms with Crippen LogP contribution >= 0.6 is 34.5 Å². The third kappa shape index (κ3) is 4.22. The summed E-state index contributed by atoms with van der Waals surface area (Å²) in [5, 5.41) is 4.03. The Morgan fingerprint density at radius 1 is 1.19 bits per heavy atom. The molecule has 0 saturated carbocycles. The molecule has 9 nitrogen and oxygen atoms in total. The fourth-order valence-corrected chi connectivity index (χ4v) is 6.45. The summed E-state index contributed by atoms with van der Waals surface area (Å²) in [5.41, 5.74) is 8.40. The molecule has 3 aromatic heterocycles. The van der Waals surface area contributed by atoms with Gasteiger partial charge in [-0.15, -0.1) is 11.3 Å². The van der Waals surface area contributed by atoms with Crippen molar-refractivity contribution in [3.8, 4) is 11.3 Å². The first-order valence-corrected chi connectivity index (χ1v) is 13.5. The normalized spacial score (nSPS) is 19.4. The number of rotatable bonds is 4. The summed E-state index contributed by atoms with van der Waals surface area (Å²) in [5.74, 6) is 0.854. The van der Waals surface area contributed by atoms with E-state index in [-0.39, 0.29) is 23.6 Å². The molecule has 4 aromatic rings. The van der Waals surface area contributed by atoms with Crippen LogP contribution in [-0.2, 0) is 4.79 Å². The summed E-state index contributed by atoms with van der Waals surface area (Å²) in [6.45, 7) is 2.51. The molecule has 3 N–H and O–H groups in total. The van der Waals surface area contributed by atoms with Gasteiger partial charge in [0.15, 0.2) is 5.13 Å². The summed E-state index contributed by atoms with van der Waals surface area (Å²) in [6.07, 6.45) is 6.51. The number of halogens is 2. The van der Waals surface area contributed by atoms with E-state index < -0.39 is 0 Å². The number of nitrogens with one attached hydrogen (secondary N) is 1. The van der Waals surface area contributed by atoms with Gasteiger partial charge in [-0.2, -0.15) is 0 Å². The van der Waals surface area contributed by atoms with Crippen molar-refractivity contribution >= 4 is 62.8 Å². The zero-order valence-corrected chi connectivity index (χ0v) is 22.2. The first kappa shape index (κ1) is 24.1. The van der Waals surface area contributed by atoms with Gasteiger partial charge in [-0.1, -0.05) is 29.3 Å². The Balaban J connectivity index is 1.39. The molecule has 37 heavy (non-hydrogen) atoms. The first-order valence-electron chi connectivity index (χ1n) is 12.0. The van der Waals surface area contributed by atoms with Crippen molar-refractivity contribution in [2.24, 2.45) is 0 Å². The minimum Gasteiger partial charge on any atom is -0.382 e. The molecule has 2 atom stereocenters. The lowest BCUT2D eigenvalue weighted by molar-refractivity contribution is -0.130. The number of nitrogens with two attached hydrogens (primary N) is 1. The van der Waals surface area contributed by atoms with Crippen LogP contribution in [0.4, 0.5) is 10.9 Å². The number of aromatic nitrogens is 4. The van der Waals surface area contributed by atoms with Gasteiger partial charge >= 0.3 is 0 Å². The number of nitrogens with zero attached hydrogens (tertiary/aromatic N) is 5. The monoisotopic (exact) mass is 555 g/mol. The van der Waals surface area contributed by atoms with E-state index in [4.69, 9.17) is 33.9 Å². The van der Waals surface area contributed by atoms with Gasteiger partial charge in [-0.3, -0.25) is 19.3 Å². The van der Waals surface area contributed by atoms with Crippen molar-refractivity contribution in [3.63, 3.8) is 0 Å². The number of nitrogen functional groups attached to an aromatic ring is 1. The largest absolute Gasteiger partial charge is 0.382 e. The second kappa shape index (κ2) is 9.27. The van der Waals surface area contributed by atoms with Crippen molar-refractivity contribution in [3.05, 3.63) is 57.0 Å². The smallest absolute Gasteiger partial charge is 0.257 e. The molecule has 0 bridgehead atoms. The van der Waals surface area contributed by atoms with Crippen LogP contribution in [-0.4, -0.2) is 48.7 Å². The van der Waals surface area contributed by atoms with E-state index in [0.29, 0.717) is 56.7 Å². The van der Waals surface area contributed by atoms with Gasteiger partial charge in [0.25, 0.3) is 5.91 Å². The highest BCUT2D eigenvalue weighted by molar-refractivity contribution is 7.15. The summed E-state index contributed by atoms with van der Waals surface area (Å²) in [4.78, 5) is 41.6. The Morgan fingerprint density at radius 2 is 2.03 bits per heavy atom. The molecule has 0 aliphatic carbocycles. The lowest BCUT2D eigenvalue weighted by Gasteiger charge is -2.34. The Hall–Kier alpha value is -3.21. The molecule has 1 aromatic carbocycles. The molecule has 2 fully saturated rings. The predicted molar refractivity (Wildman–Crippen MR) is 144 cm³/mol. The molecular formula is C25H23Cl2N7O2S. The van der Waals surface area contributed by atoms with E-state index in [2.05, 4.69) is 15.3 Å². The van der Waals surface area contributed by atoms with Crippen LogP contribution in [0.1, 0.15) is 52.7 Å². The maximum atomic E-state index is 12.8. The number of piperidine rings is 1. The van der Waals surface area contributed by atoms with Crippen molar-refractivity contribution in [2.45, 2.75) is 44.6 Å². The van der Waals surface area contributed by atoms with Crippen LogP contribution in [0.25, 0.3) is 16.8 Å². The molecule has 2 aliphatic heterocycles. The van der Waals surface area contributed by atoms with Crippen LogP contribution in [0, 0.1) is 6.92 Å². The van der Waals surface area contributed by atoms with Gasteiger partial charge in [-0.25, -0.2) is 15.0 Å². The van der Waals surface area contributed by atoms with Crippen LogP contribution in [0.15, 0.2) is 30.6 Å². The Bertz CT molecular complexity index is 1570. The van der Waals surface area contributed by atoms with Gasteiger partial charge in [-0.05, 0) is 38.3 Å². The quantitative estimate of drug-likeness (QED) is 0.358. The lowest BCUT2D eigenvalue weighted by atomic mass is 9.92. The third-order valence-corrected chi connectivity index (χ3v) is 8.49. The number of fused-ring (bicyclic) bond motifs is 2. The minimum absolute atomic E-state index is 0.00979. The van der Waals surface area contributed by atoms with Crippen molar-refractivity contribution in [1.82, 2.24) is 24.3 Å². The fourth-order valence-electron chi connectivity index (χ4n) is 5.30. The van der Waals surface area contributed by atoms with Crippen LogP contribution < -0.4 is 11.1 Å². The number of hydrogen-bond donors (Lipinski definition) is 2. The minimum atomic E-state index is -0.311. The molecule has 0 radical (unpaired) electrons. The zero-order chi connectivity index (χ0) is 25.8. The van der Waals surface area contributed by atoms with Crippen LogP contribution in [0.3, 0.4) is 0 Å². The number of imidazole rings is 1. The number of benzene rings is 1. The molecule has 6 rings (SSSR count). The van der Waals surface area contributed by atoms with E-state index in [1.54, 1.807) is 24.4 Å². The summed E-state index contributed by atoms with van der Waals surface area (Å²) in [7, 11) is 0. The summed E-state index contributed by atoms with van der Waals surface area (Å²) >= 11 is 14.7. The number of anilines is 2. The summed E-state index contributed by atoms with van der Waals surface area (Å²) < 4.78 is 1.81. The van der Waals surface area contributed by atoms with Crippen molar-refractivity contribution in [2.75, 3.05) is 17.6 Å². The highest BCUT2D eigenvalue weighted by Crippen LogP contribution is 2.40. The Morgan fingerprint density at radius 3 is 2.78 bits per heavy atom. The molecule has 2 aliphatic rings.